The van der Waals surface area contributed by atoms with Gasteiger partial charge in [-0.2, -0.15) is 0 Å². The second-order valence-corrected chi connectivity index (χ2v) is 8.64. The van der Waals surface area contributed by atoms with Gasteiger partial charge in [0, 0.05) is 13.0 Å². The normalized spacial score (nSPS) is 12.5. The Morgan fingerprint density at radius 1 is 0.833 bits per heavy atom. The molecule has 176 valence electrons. The zero-order valence-electron chi connectivity index (χ0n) is 20.0. The van der Waals surface area contributed by atoms with Gasteiger partial charge in [0.05, 0.1) is 0 Å². The van der Waals surface area contributed by atoms with Gasteiger partial charge in [0.15, 0.2) is 0 Å². The molecule has 1 amide bonds. The fourth-order valence-corrected chi connectivity index (χ4v) is 3.57. The second kappa shape index (κ2) is 20.9. The number of hydrogen-bond acceptors (Lipinski definition) is 3. The van der Waals surface area contributed by atoms with Crippen LogP contribution in [0.5, 0.6) is 0 Å². The second-order valence-electron chi connectivity index (χ2n) is 8.64. The summed E-state index contributed by atoms with van der Waals surface area (Å²) in [5, 5.41) is 12.1. The molecular weight excluding hydrogens is 376 g/mol. The van der Waals surface area contributed by atoms with Crippen molar-refractivity contribution in [2.75, 3.05) is 20.6 Å². The molecule has 2 N–H and O–H groups in total. The van der Waals surface area contributed by atoms with E-state index in [0.717, 1.165) is 25.7 Å². The highest BCUT2D eigenvalue weighted by atomic mass is 16.4. The molecular formula is C25H48N2O3. The standard InChI is InChI=1S/C25H48N2O3/c1-4-5-6-7-8-9-10-11-12-13-14-15-16-17-21-24(28)26-22-19-18-20-23(25(29)30)27(2)3/h6-7,23H,4-5,8-22H2,1-3H3,(H,26,28)(H,29,30)/b7-6+/t23-/m0/s1. The van der Waals surface area contributed by atoms with E-state index in [-0.39, 0.29) is 5.91 Å². The fraction of sp³-hybridized carbons (Fsp3) is 0.840. The summed E-state index contributed by atoms with van der Waals surface area (Å²) in [7, 11) is 3.57. The smallest absolute Gasteiger partial charge is 0.320 e. The van der Waals surface area contributed by atoms with Crippen LogP contribution in [0.1, 0.15) is 110 Å². The molecule has 0 radical (unpaired) electrons. The SMILES string of the molecule is CCC/C=C/CCCCCCCCCCCC(=O)NCCCC[C@@H](C(=O)O)N(C)C. The predicted molar refractivity (Wildman–Crippen MR) is 127 cm³/mol. The molecule has 0 aliphatic rings. The molecule has 30 heavy (non-hydrogen) atoms. The van der Waals surface area contributed by atoms with Gasteiger partial charge in [-0.25, -0.2) is 0 Å². The van der Waals surface area contributed by atoms with Crippen LogP contribution in [0, 0.1) is 0 Å². The number of carboxylic acids is 1. The van der Waals surface area contributed by atoms with Gasteiger partial charge in [0.1, 0.15) is 6.04 Å². The third kappa shape index (κ3) is 18.7. The summed E-state index contributed by atoms with van der Waals surface area (Å²) in [6, 6.07) is -0.437. The van der Waals surface area contributed by atoms with Gasteiger partial charge in [0.25, 0.3) is 0 Å². The number of hydrogen-bond donors (Lipinski definition) is 2. The molecule has 0 aromatic heterocycles. The van der Waals surface area contributed by atoms with Gasteiger partial charge in [-0.05, 0) is 59.0 Å². The van der Waals surface area contributed by atoms with Crippen molar-refractivity contribution in [2.45, 2.75) is 116 Å². The lowest BCUT2D eigenvalue weighted by atomic mass is 10.1. The van der Waals surface area contributed by atoms with Gasteiger partial charge < -0.3 is 10.4 Å². The van der Waals surface area contributed by atoms with Crippen molar-refractivity contribution >= 4 is 11.9 Å². The minimum Gasteiger partial charge on any atom is -0.480 e. The van der Waals surface area contributed by atoms with Gasteiger partial charge in [-0.1, -0.05) is 70.4 Å². The molecule has 0 aromatic carbocycles. The fourth-order valence-electron chi connectivity index (χ4n) is 3.57. The molecule has 0 aromatic rings. The molecule has 5 nitrogen and oxygen atoms in total. The molecule has 5 heteroatoms. The first-order valence-corrected chi connectivity index (χ1v) is 12.3. The maximum atomic E-state index is 11.9. The molecule has 0 saturated carbocycles. The Kier molecular flexibility index (Phi) is 19.9. The Morgan fingerprint density at radius 2 is 1.40 bits per heavy atom. The molecule has 0 fully saturated rings. The van der Waals surface area contributed by atoms with E-state index in [9.17, 15) is 9.59 Å². The van der Waals surface area contributed by atoms with Crippen molar-refractivity contribution in [3.05, 3.63) is 12.2 Å². The highest BCUT2D eigenvalue weighted by molar-refractivity contribution is 5.75. The lowest BCUT2D eigenvalue weighted by molar-refractivity contribution is -0.142. The first-order chi connectivity index (χ1) is 14.5. The van der Waals surface area contributed by atoms with Crippen LogP contribution in [0.3, 0.4) is 0 Å². The summed E-state index contributed by atoms with van der Waals surface area (Å²) in [5.74, 6) is -0.648. The molecule has 0 aliphatic heterocycles. The molecule has 0 spiro atoms. The van der Waals surface area contributed by atoms with Crippen LogP contribution in [0.4, 0.5) is 0 Å². The number of likely N-dealkylation sites (N-methyl/N-ethyl adjacent to an activating group) is 1. The Morgan fingerprint density at radius 3 is 1.97 bits per heavy atom. The number of rotatable bonds is 21. The zero-order valence-corrected chi connectivity index (χ0v) is 20.0. The summed E-state index contributed by atoms with van der Waals surface area (Å²) < 4.78 is 0. The average molecular weight is 425 g/mol. The molecule has 0 saturated heterocycles. The van der Waals surface area contributed by atoms with E-state index in [1.807, 2.05) is 0 Å². The van der Waals surface area contributed by atoms with E-state index < -0.39 is 12.0 Å². The van der Waals surface area contributed by atoms with Crippen molar-refractivity contribution in [3.63, 3.8) is 0 Å². The Hall–Kier alpha value is -1.36. The van der Waals surface area contributed by atoms with Crippen LogP contribution >= 0.6 is 0 Å². The van der Waals surface area contributed by atoms with Gasteiger partial charge >= 0.3 is 5.97 Å². The van der Waals surface area contributed by atoms with Crippen molar-refractivity contribution in [2.24, 2.45) is 0 Å². The van der Waals surface area contributed by atoms with Crippen LogP contribution in [0.25, 0.3) is 0 Å². The largest absolute Gasteiger partial charge is 0.480 e. The maximum absolute atomic E-state index is 11.9. The maximum Gasteiger partial charge on any atom is 0.320 e. The summed E-state index contributed by atoms with van der Waals surface area (Å²) in [6.45, 7) is 2.86. The first-order valence-electron chi connectivity index (χ1n) is 12.3. The van der Waals surface area contributed by atoms with Crippen molar-refractivity contribution < 1.29 is 14.7 Å². The van der Waals surface area contributed by atoms with Crippen LogP contribution in [-0.2, 0) is 9.59 Å². The van der Waals surface area contributed by atoms with Crippen molar-refractivity contribution in [1.29, 1.82) is 0 Å². The average Bonchev–Trinajstić information content (AvgIpc) is 2.70. The Balaban J connectivity index is 3.37. The van der Waals surface area contributed by atoms with Crippen LogP contribution in [-0.4, -0.2) is 48.6 Å². The summed E-state index contributed by atoms with van der Waals surface area (Å²) >= 11 is 0. The first kappa shape index (κ1) is 28.6. The highest BCUT2D eigenvalue weighted by Crippen LogP contribution is 2.12. The Bertz CT molecular complexity index is 450. The topological polar surface area (TPSA) is 69.6 Å². The number of carboxylic acid groups (broad SMARTS) is 1. The lowest BCUT2D eigenvalue weighted by Gasteiger charge is -2.19. The molecule has 0 bridgehead atoms. The number of aliphatic carboxylic acids is 1. The number of allylic oxidation sites excluding steroid dienone is 2. The molecule has 0 heterocycles. The number of unbranched alkanes of at least 4 members (excludes halogenated alkanes) is 11. The minimum absolute atomic E-state index is 0.130. The van der Waals surface area contributed by atoms with E-state index in [1.165, 1.54) is 64.2 Å². The lowest BCUT2D eigenvalue weighted by Crippen LogP contribution is -2.35. The third-order valence-electron chi connectivity index (χ3n) is 5.53. The zero-order chi connectivity index (χ0) is 22.5. The quantitative estimate of drug-likeness (QED) is 0.177. The summed E-state index contributed by atoms with van der Waals surface area (Å²) in [4.78, 5) is 24.7. The highest BCUT2D eigenvalue weighted by Gasteiger charge is 2.18. The number of carbonyl (C=O) groups excluding carboxylic acids is 1. The monoisotopic (exact) mass is 424 g/mol. The van der Waals surface area contributed by atoms with E-state index in [0.29, 0.717) is 19.4 Å². The van der Waals surface area contributed by atoms with E-state index in [2.05, 4.69) is 24.4 Å². The third-order valence-corrected chi connectivity index (χ3v) is 5.53. The Labute approximate surface area is 185 Å². The summed E-state index contributed by atoms with van der Waals surface area (Å²) in [5.41, 5.74) is 0. The molecule has 0 aliphatic carbocycles. The molecule has 1 atom stereocenters. The van der Waals surface area contributed by atoms with Gasteiger partial charge in [0.2, 0.25) is 5.91 Å². The van der Waals surface area contributed by atoms with Crippen molar-refractivity contribution in [3.8, 4) is 0 Å². The predicted octanol–water partition coefficient (Wildman–Crippen LogP) is 5.94. The number of amides is 1. The number of nitrogens with zero attached hydrogens (tertiary/aromatic N) is 1. The summed E-state index contributed by atoms with van der Waals surface area (Å²) in [6.07, 6.45) is 22.5. The van der Waals surface area contributed by atoms with Crippen LogP contribution in [0.2, 0.25) is 0 Å². The van der Waals surface area contributed by atoms with Crippen LogP contribution < -0.4 is 5.32 Å². The molecule has 0 rings (SSSR count). The number of carbonyl (C=O) groups is 2. The van der Waals surface area contributed by atoms with E-state index in [1.54, 1.807) is 19.0 Å². The molecule has 0 unspecified atom stereocenters. The van der Waals surface area contributed by atoms with Gasteiger partial charge in [-0.3, -0.25) is 14.5 Å². The van der Waals surface area contributed by atoms with E-state index >= 15 is 0 Å². The van der Waals surface area contributed by atoms with Gasteiger partial charge in [-0.15, -0.1) is 0 Å². The van der Waals surface area contributed by atoms with E-state index in [4.69, 9.17) is 5.11 Å². The minimum atomic E-state index is -0.778. The van der Waals surface area contributed by atoms with Crippen molar-refractivity contribution in [1.82, 2.24) is 10.2 Å². The number of nitrogens with one attached hydrogen (secondary N) is 1. The van der Waals surface area contributed by atoms with Crippen LogP contribution in [0.15, 0.2) is 12.2 Å².